The summed E-state index contributed by atoms with van der Waals surface area (Å²) in [5.41, 5.74) is 3.05. The van der Waals surface area contributed by atoms with Crippen molar-refractivity contribution < 1.29 is 13.9 Å². The average molecular weight is 393 g/mol. The summed E-state index contributed by atoms with van der Waals surface area (Å²) >= 11 is 3.38. The molecule has 1 heterocycles. The summed E-state index contributed by atoms with van der Waals surface area (Å²) in [6, 6.07) is 17.4. The van der Waals surface area contributed by atoms with Gasteiger partial charge in [0.15, 0.2) is 5.78 Å². The minimum Gasteiger partial charge on any atom is -0.492 e. The Labute approximate surface area is 152 Å². The summed E-state index contributed by atoms with van der Waals surface area (Å²) in [5, 5.41) is 3.47. The lowest BCUT2D eigenvalue weighted by molar-refractivity contribution is 0.104. The van der Waals surface area contributed by atoms with Crippen molar-refractivity contribution in [3.8, 4) is 17.1 Å². The second-order valence-corrected chi connectivity index (χ2v) is 6.80. The van der Waals surface area contributed by atoms with Crippen LogP contribution in [0.3, 0.4) is 0 Å². The van der Waals surface area contributed by atoms with Crippen LogP contribution in [0.5, 0.6) is 5.75 Å². The second-order valence-electron chi connectivity index (χ2n) is 6.01. The Balaban J connectivity index is 1.87. The molecule has 0 unspecified atom stereocenters. The maximum absolute atomic E-state index is 13.2. The molecular weight excluding hydrogens is 380 g/mol. The third-order valence-electron chi connectivity index (χ3n) is 4.65. The Morgan fingerprint density at radius 1 is 0.920 bits per heavy atom. The minimum atomic E-state index is 0.00990. The lowest BCUT2D eigenvalue weighted by Gasteiger charge is -2.18. The van der Waals surface area contributed by atoms with Crippen molar-refractivity contribution in [3.63, 3.8) is 0 Å². The van der Waals surface area contributed by atoms with Crippen molar-refractivity contribution in [1.29, 1.82) is 0 Å². The summed E-state index contributed by atoms with van der Waals surface area (Å²) in [6.45, 7) is 0.572. The van der Waals surface area contributed by atoms with E-state index in [0.29, 0.717) is 23.5 Å². The highest BCUT2D eigenvalue weighted by molar-refractivity contribution is 9.09. The number of fused-ring (bicyclic) bond motifs is 4. The predicted octanol–water partition coefficient (Wildman–Crippen LogP) is 5.57. The van der Waals surface area contributed by atoms with Gasteiger partial charge in [0.2, 0.25) is 0 Å². The van der Waals surface area contributed by atoms with E-state index in [2.05, 4.69) is 15.9 Å². The minimum absolute atomic E-state index is 0.00990. The van der Waals surface area contributed by atoms with Crippen LogP contribution >= 0.6 is 15.9 Å². The quantitative estimate of drug-likeness (QED) is 0.376. The van der Waals surface area contributed by atoms with Gasteiger partial charge >= 0.3 is 0 Å². The van der Waals surface area contributed by atoms with E-state index in [1.54, 1.807) is 0 Å². The fourth-order valence-electron chi connectivity index (χ4n) is 3.63. The number of para-hydroxylation sites is 1. The molecule has 4 heteroatoms. The van der Waals surface area contributed by atoms with E-state index < -0.39 is 0 Å². The lowest BCUT2D eigenvalue weighted by Crippen LogP contribution is -2.09. The fraction of sp³-hybridized carbons (Fsp3) is 0.0952. The van der Waals surface area contributed by atoms with Gasteiger partial charge in [0, 0.05) is 32.6 Å². The third kappa shape index (κ3) is 2.01. The highest BCUT2D eigenvalue weighted by Gasteiger charge is 2.31. The number of alkyl halides is 1. The Morgan fingerprint density at radius 3 is 2.64 bits per heavy atom. The van der Waals surface area contributed by atoms with Gasteiger partial charge in [0.05, 0.1) is 12.2 Å². The number of halogens is 1. The molecule has 5 rings (SSSR count). The van der Waals surface area contributed by atoms with Crippen LogP contribution in [0.2, 0.25) is 0 Å². The van der Waals surface area contributed by atoms with Crippen LogP contribution in [-0.2, 0) is 0 Å². The molecular formula is C21H13BrO3. The number of ether oxygens (including phenoxy) is 1. The number of hydrogen-bond acceptors (Lipinski definition) is 3. The van der Waals surface area contributed by atoms with E-state index in [0.717, 1.165) is 38.4 Å². The molecule has 0 saturated carbocycles. The molecule has 0 atom stereocenters. The van der Waals surface area contributed by atoms with E-state index in [9.17, 15) is 4.79 Å². The molecule has 0 spiro atoms. The van der Waals surface area contributed by atoms with Crippen molar-refractivity contribution in [2.45, 2.75) is 0 Å². The molecule has 4 aromatic rings. The van der Waals surface area contributed by atoms with Crippen LogP contribution in [0.15, 0.2) is 59.0 Å². The standard InChI is InChI=1S/C21H13BrO3/c22-10-11-24-16-9-8-15-18-12(16)5-3-6-14(18)20(23)19-13-4-1-2-7-17(13)25-21(15)19/h1-9H,10-11H2. The number of rotatable bonds is 3. The zero-order valence-electron chi connectivity index (χ0n) is 13.2. The van der Waals surface area contributed by atoms with Gasteiger partial charge in [-0.25, -0.2) is 0 Å². The molecule has 0 N–H and O–H groups in total. The van der Waals surface area contributed by atoms with Crippen molar-refractivity contribution >= 4 is 43.5 Å². The first kappa shape index (κ1) is 14.7. The summed E-state index contributed by atoms with van der Waals surface area (Å²) < 4.78 is 11.9. The fourth-order valence-corrected chi connectivity index (χ4v) is 3.79. The Hall–Kier alpha value is -2.59. The molecule has 0 fully saturated rings. The summed E-state index contributed by atoms with van der Waals surface area (Å²) in [4.78, 5) is 13.2. The van der Waals surface area contributed by atoms with Gasteiger partial charge in [-0.3, -0.25) is 4.79 Å². The van der Waals surface area contributed by atoms with E-state index in [1.165, 1.54) is 0 Å². The van der Waals surface area contributed by atoms with Gasteiger partial charge in [-0.1, -0.05) is 52.3 Å². The maximum Gasteiger partial charge on any atom is 0.198 e. The smallest absolute Gasteiger partial charge is 0.198 e. The lowest BCUT2D eigenvalue weighted by atomic mass is 9.85. The van der Waals surface area contributed by atoms with Gasteiger partial charge in [0.25, 0.3) is 0 Å². The zero-order valence-corrected chi connectivity index (χ0v) is 14.8. The van der Waals surface area contributed by atoms with Crippen molar-refractivity contribution in [3.05, 3.63) is 65.7 Å². The SMILES string of the molecule is O=C1c2c(oc3ccccc23)-c2ccc(OCCBr)c3cccc1c23. The number of ketones is 1. The molecule has 3 nitrogen and oxygen atoms in total. The number of benzene rings is 3. The van der Waals surface area contributed by atoms with Crippen LogP contribution in [0, 0.1) is 0 Å². The van der Waals surface area contributed by atoms with Crippen LogP contribution in [0.25, 0.3) is 33.1 Å². The number of furan rings is 1. The van der Waals surface area contributed by atoms with Crippen LogP contribution < -0.4 is 4.74 Å². The topological polar surface area (TPSA) is 39.4 Å². The highest BCUT2D eigenvalue weighted by atomic mass is 79.9. The van der Waals surface area contributed by atoms with Crippen molar-refractivity contribution in [2.75, 3.05) is 11.9 Å². The number of carbonyl (C=O) groups excluding carboxylic acids is 1. The van der Waals surface area contributed by atoms with Crippen LogP contribution in [0.4, 0.5) is 0 Å². The highest BCUT2D eigenvalue weighted by Crippen LogP contribution is 2.45. The van der Waals surface area contributed by atoms with Crippen LogP contribution in [-0.4, -0.2) is 17.7 Å². The molecule has 0 saturated heterocycles. The molecule has 1 aliphatic rings. The predicted molar refractivity (Wildman–Crippen MR) is 102 cm³/mol. The zero-order chi connectivity index (χ0) is 17.0. The van der Waals surface area contributed by atoms with Gasteiger partial charge < -0.3 is 9.15 Å². The average Bonchev–Trinajstić information content (AvgIpc) is 3.04. The van der Waals surface area contributed by atoms with Crippen molar-refractivity contribution in [1.82, 2.24) is 0 Å². The molecule has 0 aliphatic heterocycles. The molecule has 1 aromatic heterocycles. The van der Waals surface area contributed by atoms with Gasteiger partial charge in [-0.05, 0) is 18.2 Å². The molecule has 1 aliphatic carbocycles. The molecule has 0 amide bonds. The van der Waals surface area contributed by atoms with Crippen molar-refractivity contribution in [2.24, 2.45) is 0 Å². The molecule has 0 radical (unpaired) electrons. The number of carbonyl (C=O) groups is 1. The monoisotopic (exact) mass is 392 g/mol. The number of hydrogen-bond donors (Lipinski definition) is 0. The third-order valence-corrected chi connectivity index (χ3v) is 4.97. The first-order valence-electron chi connectivity index (χ1n) is 8.10. The first-order chi connectivity index (χ1) is 12.3. The molecule has 0 bridgehead atoms. The van der Waals surface area contributed by atoms with Gasteiger partial charge in [-0.2, -0.15) is 0 Å². The normalized spacial score (nSPS) is 12.6. The largest absolute Gasteiger partial charge is 0.492 e. The van der Waals surface area contributed by atoms with E-state index in [-0.39, 0.29) is 5.78 Å². The maximum atomic E-state index is 13.2. The Bertz CT molecular complexity index is 1160. The summed E-state index contributed by atoms with van der Waals surface area (Å²) in [7, 11) is 0. The Kier molecular flexibility index (Phi) is 3.22. The van der Waals surface area contributed by atoms with Crippen LogP contribution in [0.1, 0.15) is 15.9 Å². The molecule has 25 heavy (non-hydrogen) atoms. The van der Waals surface area contributed by atoms with E-state index in [4.69, 9.17) is 9.15 Å². The van der Waals surface area contributed by atoms with Gasteiger partial charge in [0.1, 0.15) is 17.1 Å². The van der Waals surface area contributed by atoms with E-state index >= 15 is 0 Å². The molecule has 3 aromatic carbocycles. The van der Waals surface area contributed by atoms with Gasteiger partial charge in [-0.15, -0.1) is 0 Å². The second kappa shape index (κ2) is 5.46. The summed E-state index contributed by atoms with van der Waals surface area (Å²) in [6.07, 6.45) is 0. The first-order valence-corrected chi connectivity index (χ1v) is 9.23. The molecule has 122 valence electrons. The summed E-state index contributed by atoms with van der Waals surface area (Å²) in [5.74, 6) is 1.45. The van der Waals surface area contributed by atoms with E-state index in [1.807, 2.05) is 54.6 Å². The Morgan fingerprint density at radius 2 is 1.76 bits per heavy atom.